The van der Waals surface area contributed by atoms with Crippen LogP contribution in [0.2, 0.25) is 0 Å². The van der Waals surface area contributed by atoms with Crippen molar-refractivity contribution in [1.29, 1.82) is 0 Å². The highest BCUT2D eigenvalue weighted by Gasteiger charge is 2.12. The fraction of sp³-hybridized carbons (Fsp3) is 0.133. The number of methoxy groups -OCH3 is 2. The number of anilines is 1. The lowest BCUT2D eigenvalue weighted by Crippen LogP contribution is -2.12. The lowest BCUT2D eigenvalue weighted by Gasteiger charge is -2.11. The van der Waals surface area contributed by atoms with Gasteiger partial charge in [0.15, 0.2) is 0 Å². The first-order valence-corrected chi connectivity index (χ1v) is 7.62. The normalized spacial score (nSPS) is 10.1. The van der Waals surface area contributed by atoms with Crippen LogP contribution in [0, 0.1) is 0 Å². The van der Waals surface area contributed by atoms with Crippen molar-refractivity contribution in [3.63, 3.8) is 0 Å². The molecular formula is C15H13Br2NO3. The highest BCUT2D eigenvalue weighted by molar-refractivity contribution is 9.10. The molecule has 110 valence electrons. The van der Waals surface area contributed by atoms with Crippen LogP contribution >= 0.6 is 31.9 Å². The molecular weight excluding hydrogens is 402 g/mol. The van der Waals surface area contributed by atoms with Crippen LogP contribution in [0.25, 0.3) is 0 Å². The Bertz CT molecular complexity index is 674. The maximum absolute atomic E-state index is 12.3. The number of amides is 1. The third-order valence-corrected chi connectivity index (χ3v) is 3.94. The Labute approximate surface area is 139 Å². The van der Waals surface area contributed by atoms with Crippen molar-refractivity contribution in [2.45, 2.75) is 0 Å². The predicted octanol–water partition coefficient (Wildman–Crippen LogP) is 4.48. The minimum atomic E-state index is -0.227. The average Bonchev–Trinajstić information content (AvgIpc) is 2.47. The lowest BCUT2D eigenvalue weighted by molar-refractivity contribution is 0.102. The van der Waals surface area contributed by atoms with Gasteiger partial charge in [0, 0.05) is 10.0 Å². The van der Waals surface area contributed by atoms with Crippen molar-refractivity contribution in [1.82, 2.24) is 0 Å². The molecule has 2 rings (SSSR count). The van der Waals surface area contributed by atoms with Crippen LogP contribution in [0.3, 0.4) is 0 Å². The predicted molar refractivity (Wildman–Crippen MR) is 89.3 cm³/mol. The van der Waals surface area contributed by atoms with Gasteiger partial charge >= 0.3 is 0 Å². The number of ether oxygens (including phenoxy) is 2. The van der Waals surface area contributed by atoms with Gasteiger partial charge in [-0.2, -0.15) is 0 Å². The third-order valence-electron chi connectivity index (χ3n) is 2.82. The molecule has 0 atom stereocenters. The number of benzene rings is 2. The Balaban J connectivity index is 2.26. The van der Waals surface area contributed by atoms with E-state index in [0.29, 0.717) is 22.7 Å². The number of rotatable bonds is 4. The van der Waals surface area contributed by atoms with Crippen LogP contribution < -0.4 is 14.8 Å². The molecule has 0 saturated heterocycles. The van der Waals surface area contributed by atoms with Crippen LogP contribution in [-0.4, -0.2) is 20.1 Å². The Hall–Kier alpha value is -1.53. The van der Waals surface area contributed by atoms with Crippen LogP contribution in [0.1, 0.15) is 10.4 Å². The molecule has 0 aromatic heterocycles. The summed E-state index contributed by atoms with van der Waals surface area (Å²) in [5.41, 5.74) is 1.12. The van der Waals surface area contributed by atoms with Gasteiger partial charge in [-0.3, -0.25) is 4.79 Å². The molecule has 0 aliphatic rings. The van der Waals surface area contributed by atoms with Crippen molar-refractivity contribution in [2.24, 2.45) is 0 Å². The molecule has 0 aliphatic carbocycles. The molecule has 21 heavy (non-hydrogen) atoms. The van der Waals surface area contributed by atoms with Gasteiger partial charge in [0.1, 0.15) is 11.5 Å². The van der Waals surface area contributed by atoms with E-state index >= 15 is 0 Å². The van der Waals surface area contributed by atoms with E-state index < -0.39 is 0 Å². The first-order valence-electron chi connectivity index (χ1n) is 6.03. The first-order chi connectivity index (χ1) is 10.0. The molecule has 1 amide bonds. The molecule has 4 nitrogen and oxygen atoms in total. The quantitative estimate of drug-likeness (QED) is 0.802. The molecule has 6 heteroatoms. The maximum Gasteiger partial charge on any atom is 0.255 e. The first kappa shape index (κ1) is 15.9. The van der Waals surface area contributed by atoms with E-state index in [4.69, 9.17) is 9.47 Å². The van der Waals surface area contributed by atoms with Crippen LogP contribution in [0.15, 0.2) is 45.3 Å². The minimum Gasteiger partial charge on any atom is -0.496 e. The van der Waals surface area contributed by atoms with E-state index in [1.165, 1.54) is 0 Å². The van der Waals surface area contributed by atoms with Crippen LogP contribution in [0.5, 0.6) is 11.5 Å². The van der Waals surface area contributed by atoms with E-state index in [2.05, 4.69) is 37.2 Å². The second kappa shape index (κ2) is 6.95. The Morgan fingerprint density at radius 2 is 1.67 bits per heavy atom. The molecule has 1 N–H and O–H groups in total. The molecule has 0 spiro atoms. The summed E-state index contributed by atoms with van der Waals surface area (Å²) in [4.78, 5) is 12.3. The highest BCUT2D eigenvalue weighted by atomic mass is 79.9. The van der Waals surface area contributed by atoms with E-state index in [0.717, 1.165) is 8.95 Å². The standard InChI is InChI=1S/C15H13Br2NO3/c1-20-13-5-3-9(7-11(13)17)15(19)18-12-8-10(16)4-6-14(12)21-2/h3-8H,1-2H3,(H,18,19). The summed E-state index contributed by atoms with van der Waals surface area (Å²) >= 11 is 6.73. The molecule has 2 aromatic rings. The lowest BCUT2D eigenvalue weighted by atomic mass is 10.2. The summed E-state index contributed by atoms with van der Waals surface area (Å²) in [6.07, 6.45) is 0. The van der Waals surface area contributed by atoms with Gasteiger partial charge in [-0.15, -0.1) is 0 Å². The number of carbonyl (C=O) groups excluding carboxylic acids is 1. The number of halogens is 2. The number of carbonyl (C=O) groups is 1. The Morgan fingerprint density at radius 1 is 1.00 bits per heavy atom. The van der Waals surface area contributed by atoms with Gasteiger partial charge in [-0.1, -0.05) is 15.9 Å². The number of hydrogen-bond donors (Lipinski definition) is 1. The molecule has 2 aromatic carbocycles. The number of hydrogen-bond acceptors (Lipinski definition) is 3. The fourth-order valence-corrected chi connectivity index (χ4v) is 2.68. The smallest absolute Gasteiger partial charge is 0.255 e. The molecule has 0 heterocycles. The van der Waals surface area contributed by atoms with E-state index in [-0.39, 0.29) is 5.91 Å². The second-order valence-electron chi connectivity index (χ2n) is 4.15. The van der Waals surface area contributed by atoms with Crippen molar-refractivity contribution >= 4 is 43.5 Å². The second-order valence-corrected chi connectivity index (χ2v) is 5.92. The zero-order valence-electron chi connectivity index (χ0n) is 11.4. The number of nitrogens with one attached hydrogen (secondary N) is 1. The van der Waals surface area contributed by atoms with Crippen molar-refractivity contribution in [3.05, 3.63) is 50.9 Å². The largest absolute Gasteiger partial charge is 0.496 e. The molecule has 0 fully saturated rings. The summed E-state index contributed by atoms with van der Waals surface area (Å²) in [5, 5.41) is 2.83. The highest BCUT2D eigenvalue weighted by Crippen LogP contribution is 2.29. The van der Waals surface area contributed by atoms with Crippen LogP contribution in [0.4, 0.5) is 5.69 Å². The van der Waals surface area contributed by atoms with E-state index in [1.54, 1.807) is 44.6 Å². The molecule has 0 unspecified atom stereocenters. The van der Waals surface area contributed by atoms with Crippen molar-refractivity contribution < 1.29 is 14.3 Å². The van der Waals surface area contributed by atoms with Gasteiger partial charge in [-0.05, 0) is 52.3 Å². The molecule has 0 saturated carbocycles. The summed E-state index contributed by atoms with van der Waals surface area (Å²) < 4.78 is 12.0. The summed E-state index contributed by atoms with van der Waals surface area (Å²) in [7, 11) is 3.13. The monoisotopic (exact) mass is 413 g/mol. The summed E-state index contributed by atoms with van der Waals surface area (Å²) in [6.45, 7) is 0. The molecule has 0 bridgehead atoms. The van der Waals surface area contributed by atoms with Gasteiger partial charge in [-0.25, -0.2) is 0 Å². The SMILES string of the molecule is COc1ccc(C(=O)Nc2cc(Br)ccc2OC)cc1Br. The zero-order valence-corrected chi connectivity index (χ0v) is 14.6. The van der Waals surface area contributed by atoms with Crippen molar-refractivity contribution in [2.75, 3.05) is 19.5 Å². The summed E-state index contributed by atoms with van der Waals surface area (Å²) in [5.74, 6) is 1.04. The van der Waals surface area contributed by atoms with E-state index in [9.17, 15) is 4.79 Å². The third kappa shape index (κ3) is 3.77. The van der Waals surface area contributed by atoms with Gasteiger partial charge < -0.3 is 14.8 Å². The van der Waals surface area contributed by atoms with Crippen LogP contribution in [-0.2, 0) is 0 Å². The molecule has 0 radical (unpaired) electrons. The maximum atomic E-state index is 12.3. The molecule has 0 aliphatic heterocycles. The van der Waals surface area contributed by atoms with Gasteiger partial charge in [0.2, 0.25) is 0 Å². The van der Waals surface area contributed by atoms with E-state index in [1.807, 2.05) is 6.07 Å². The van der Waals surface area contributed by atoms with Gasteiger partial charge in [0.05, 0.1) is 24.4 Å². The zero-order chi connectivity index (χ0) is 15.4. The van der Waals surface area contributed by atoms with Crippen molar-refractivity contribution in [3.8, 4) is 11.5 Å². The Morgan fingerprint density at radius 3 is 2.29 bits per heavy atom. The Kier molecular flexibility index (Phi) is 5.25. The van der Waals surface area contributed by atoms with Gasteiger partial charge in [0.25, 0.3) is 5.91 Å². The minimum absolute atomic E-state index is 0.227. The summed E-state index contributed by atoms with van der Waals surface area (Å²) in [6, 6.07) is 10.6. The fourth-order valence-electron chi connectivity index (χ4n) is 1.78. The average molecular weight is 415 g/mol. The topological polar surface area (TPSA) is 47.6 Å².